The van der Waals surface area contributed by atoms with Gasteiger partial charge in [-0.2, -0.15) is 4.07 Å². The Morgan fingerprint density at radius 2 is 1.46 bits per heavy atom. The summed E-state index contributed by atoms with van der Waals surface area (Å²) in [5.74, 6) is 0. The van der Waals surface area contributed by atoms with Crippen molar-refractivity contribution in [2.75, 3.05) is 5.43 Å². The molecule has 0 bridgehead atoms. The molecule has 0 amide bonds. The van der Waals surface area contributed by atoms with Gasteiger partial charge in [-0.25, -0.2) is 0 Å². The first kappa shape index (κ1) is 14.7. The summed E-state index contributed by atoms with van der Waals surface area (Å²) in [7, 11) is 0. The normalized spacial score (nSPS) is 10.8. The van der Waals surface area contributed by atoms with Crippen molar-refractivity contribution in [2.45, 2.75) is 6.54 Å². The number of hydrogen-bond donors (Lipinski definition) is 1. The van der Waals surface area contributed by atoms with Gasteiger partial charge >= 0.3 is 0 Å². The maximum Gasteiger partial charge on any atom is 0.287 e. The van der Waals surface area contributed by atoms with Gasteiger partial charge in [-0.3, -0.25) is 4.79 Å². The third-order valence-corrected chi connectivity index (χ3v) is 5.01. The minimum Gasteiger partial charge on any atom is -0.309 e. The maximum absolute atomic E-state index is 12.3. The van der Waals surface area contributed by atoms with Crippen LogP contribution in [0.15, 0.2) is 83.7 Å². The van der Waals surface area contributed by atoms with Gasteiger partial charge in [0.05, 0.1) is 16.6 Å². The molecule has 24 heavy (non-hydrogen) atoms. The van der Waals surface area contributed by atoms with Crippen molar-refractivity contribution >= 4 is 21.6 Å². The molecular formula is C20H16N2OS. The Balaban J connectivity index is 1.51. The van der Waals surface area contributed by atoms with E-state index < -0.39 is 0 Å². The molecule has 3 nitrogen and oxygen atoms in total. The minimum atomic E-state index is 0.0107. The van der Waals surface area contributed by atoms with Crippen LogP contribution in [0, 0.1) is 0 Å². The van der Waals surface area contributed by atoms with Crippen molar-refractivity contribution in [1.29, 1.82) is 0 Å². The molecule has 1 aromatic heterocycles. The van der Waals surface area contributed by atoms with Crippen molar-refractivity contribution in [3.05, 3.63) is 94.8 Å². The first-order valence-electron chi connectivity index (χ1n) is 7.80. The molecule has 1 N–H and O–H groups in total. The largest absolute Gasteiger partial charge is 0.309 e. The highest BCUT2D eigenvalue weighted by Gasteiger charge is 2.06. The number of nitrogens with zero attached hydrogens (tertiary/aromatic N) is 1. The average molecular weight is 332 g/mol. The lowest BCUT2D eigenvalue weighted by atomic mass is 10.0. The Hall–Kier alpha value is -2.85. The van der Waals surface area contributed by atoms with E-state index in [-0.39, 0.29) is 5.56 Å². The van der Waals surface area contributed by atoms with Gasteiger partial charge in [0.1, 0.15) is 0 Å². The van der Waals surface area contributed by atoms with Crippen LogP contribution < -0.4 is 11.0 Å². The van der Waals surface area contributed by atoms with Crippen molar-refractivity contribution in [2.24, 2.45) is 0 Å². The molecule has 3 aromatic carbocycles. The van der Waals surface area contributed by atoms with Gasteiger partial charge in [0.2, 0.25) is 0 Å². The summed E-state index contributed by atoms with van der Waals surface area (Å²) in [5.41, 5.74) is 6.75. The number of benzene rings is 3. The fourth-order valence-electron chi connectivity index (χ4n) is 2.68. The average Bonchev–Trinajstić information content (AvgIpc) is 2.97. The fourth-order valence-corrected chi connectivity index (χ4v) is 3.59. The van der Waals surface area contributed by atoms with Crippen LogP contribution >= 0.6 is 11.5 Å². The summed E-state index contributed by atoms with van der Waals surface area (Å²) < 4.78 is 2.60. The fraction of sp³-hybridized carbons (Fsp3) is 0.0500. The molecule has 4 rings (SSSR count). The number of rotatable bonds is 4. The quantitative estimate of drug-likeness (QED) is 0.598. The molecule has 0 aliphatic heterocycles. The molecule has 0 aliphatic carbocycles. The molecule has 0 radical (unpaired) electrons. The van der Waals surface area contributed by atoms with E-state index >= 15 is 0 Å². The van der Waals surface area contributed by atoms with E-state index in [2.05, 4.69) is 41.8 Å². The van der Waals surface area contributed by atoms with Crippen molar-refractivity contribution in [3.63, 3.8) is 0 Å². The number of hydrogen-bond acceptors (Lipinski definition) is 3. The van der Waals surface area contributed by atoms with Gasteiger partial charge in [-0.1, -0.05) is 66.7 Å². The van der Waals surface area contributed by atoms with E-state index in [1.807, 2.05) is 42.5 Å². The highest BCUT2D eigenvalue weighted by Crippen LogP contribution is 2.19. The van der Waals surface area contributed by atoms with Gasteiger partial charge in [-0.05, 0) is 40.4 Å². The predicted molar refractivity (Wildman–Crippen MR) is 101 cm³/mol. The molecule has 0 fully saturated rings. The zero-order valence-electron chi connectivity index (χ0n) is 13.0. The van der Waals surface area contributed by atoms with Crippen LogP contribution in [0.2, 0.25) is 0 Å². The molecule has 4 heteroatoms. The van der Waals surface area contributed by atoms with E-state index in [1.54, 1.807) is 4.07 Å². The lowest BCUT2D eigenvalue weighted by molar-refractivity contribution is 0.889. The standard InChI is InChI=1S/C20H16N2OS/c23-20-18-8-4-5-9-19(18)24-22(20)21-14-15-10-12-17(13-11-15)16-6-2-1-3-7-16/h1-13,21H,14H2. The van der Waals surface area contributed by atoms with Crippen LogP contribution in [0.4, 0.5) is 0 Å². The number of fused-ring (bicyclic) bond motifs is 1. The smallest absolute Gasteiger partial charge is 0.287 e. The third kappa shape index (κ3) is 2.84. The van der Waals surface area contributed by atoms with E-state index in [4.69, 9.17) is 0 Å². The first-order chi connectivity index (χ1) is 11.8. The molecule has 0 spiro atoms. The molecule has 4 aromatic rings. The Labute approximate surface area is 143 Å². The van der Waals surface area contributed by atoms with E-state index in [9.17, 15) is 4.79 Å². The molecule has 118 valence electrons. The van der Waals surface area contributed by atoms with E-state index in [1.165, 1.54) is 22.7 Å². The van der Waals surface area contributed by atoms with Gasteiger partial charge < -0.3 is 5.43 Å². The van der Waals surface area contributed by atoms with Crippen LogP contribution in [0.3, 0.4) is 0 Å². The van der Waals surface area contributed by atoms with Gasteiger partial charge in [0, 0.05) is 0 Å². The van der Waals surface area contributed by atoms with Gasteiger partial charge in [0.15, 0.2) is 0 Å². The van der Waals surface area contributed by atoms with Gasteiger partial charge in [0.25, 0.3) is 5.56 Å². The SMILES string of the molecule is O=c1c2ccccc2sn1NCc1ccc(-c2ccccc2)cc1. The second-order valence-electron chi connectivity index (χ2n) is 5.58. The van der Waals surface area contributed by atoms with Crippen LogP contribution in [0.25, 0.3) is 21.2 Å². The summed E-state index contributed by atoms with van der Waals surface area (Å²) in [6.45, 7) is 0.613. The van der Waals surface area contributed by atoms with Crippen LogP contribution in [-0.4, -0.2) is 4.07 Å². The van der Waals surface area contributed by atoms with E-state index in [0.717, 1.165) is 15.6 Å². The topological polar surface area (TPSA) is 34.0 Å². The Morgan fingerprint density at radius 3 is 2.21 bits per heavy atom. The molecule has 0 unspecified atom stereocenters. The summed E-state index contributed by atoms with van der Waals surface area (Å²) in [6, 6.07) is 26.4. The molecule has 1 heterocycles. The molecule has 0 atom stereocenters. The number of aromatic nitrogens is 1. The monoisotopic (exact) mass is 332 g/mol. The molecule has 0 saturated carbocycles. The number of nitrogens with one attached hydrogen (secondary N) is 1. The summed E-state index contributed by atoms with van der Waals surface area (Å²) in [4.78, 5) is 12.3. The lowest BCUT2D eigenvalue weighted by Gasteiger charge is -2.07. The second kappa shape index (κ2) is 6.34. The van der Waals surface area contributed by atoms with Crippen LogP contribution in [0.1, 0.15) is 5.56 Å². The lowest BCUT2D eigenvalue weighted by Crippen LogP contribution is -2.23. The Morgan fingerprint density at radius 1 is 0.792 bits per heavy atom. The minimum absolute atomic E-state index is 0.0107. The highest BCUT2D eigenvalue weighted by molar-refractivity contribution is 7.13. The zero-order valence-corrected chi connectivity index (χ0v) is 13.8. The highest BCUT2D eigenvalue weighted by atomic mass is 32.1. The van der Waals surface area contributed by atoms with Crippen molar-refractivity contribution < 1.29 is 0 Å². The summed E-state index contributed by atoms with van der Waals surface area (Å²) in [5, 5.41) is 0.759. The third-order valence-electron chi connectivity index (χ3n) is 3.98. The van der Waals surface area contributed by atoms with Crippen molar-refractivity contribution in [3.8, 4) is 11.1 Å². The summed E-state index contributed by atoms with van der Waals surface area (Å²) >= 11 is 1.44. The van der Waals surface area contributed by atoms with E-state index in [0.29, 0.717) is 6.54 Å². The molecular weight excluding hydrogens is 316 g/mol. The van der Waals surface area contributed by atoms with Crippen LogP contribution in [-0.2, 0) is 6.54 Å². The van der Waals surface area contributed by atoms with Crippen molar-refractivity contribution in [1.82, 2.24) is 4.07 Å². The zero-order chi connectivity index (χ0) is 16.4. The molecule has 0 saturated heterocycles. The maximum atomic E-state index is 12.3. The predicted octanol–water partition coefficient (Wildman–Crippen LogP) is 4.47. The summed E-state index contributed by atoms with van der Waals surface area (Å²) in [6.07, 6.45) is 0. The first-order valence-corrected chi connectivity index (χ1v) is 8.58. The van der Waals surface area contributed by atoms with Gasteiger partial charge in [-0.15, -0.1) is 0 Å². The Bertz CT molecular complexity index is 1020. The second-order valence-corrected chi connectivity index (χ2v) is 6.57. The van der Waals surface area contributed by atoms with Crippen LogP contribution in [0.5, 0.6) is 0 Å². The Kier molecular flexibility index (Phi) is 3.89. The molecule has 0 aliphatic rings.